The van der Waals surface area contributed by atoms with E-state index in [1.807, 2.05) is 0 Å². The average molecular weight is 1560 g/mol. The first-order chi connectivity index (χ1) is 53.2. The predicted octanol–water partition coefficient (Wildman–Crippen LogP) is 25.3. The zero-order chi connectivity index (χ0) is 79.4. The Kier molecular flexibility index (Phi) is 78.1. The molecular formula is C91H150O16P2. The zero-order valence-electron chi connectivity index (χ0n) is 67.9. The summed E-state index contributed by atoms with van der Waals surface area (Å²) in [5.41, 5.74) is 0. The number of hydrogen-bond donors (Lipinski definition) is 4. The highest BCUT2D eigenvalue weighted by Crippen LogP contribution is 2.45. The average Bonchev–Trinajstić information content (AvgIpc) is 0.947. The van der Waals surface area contributed by atoms with Crippen molar-refractivity contribution in [1.82, 2.24) is 0 Å². The molecule has 5 unspecified atom stereocenters. The zero-order valence-corrected chi connectivity index (χ0v) is 69.7. The van der Waals surface area contributed by atoms with E-state index in [0.717, 1.165) is 199 Å². The monoisotopic (exact) mass is 1560 g/mol. The summed E-state index contributed by atoms with van der Waals surface area (Å²) in [6.45, 7) is 2.32. The summed E-state index contributed by atoms with van der Waals surface area (Å²) in [5.74, 6) is -1.61. The highest BCUT2D eigenvalue weighted by atomic mass is 31.2. The smallest absolute Gasteiger partial charge is 0.463 e. The quantitative estimate of drug-likeness (QED) is 0.0146. The van der Waals surface area contributed by atoms with Crippen LogP contribution in [0.5, 0.6) is 0 Å². The van der Waals surface area contributed by atoms with Crippen molar-refractivity contribution in [3.05, 3.63) is 182 Å². The van der Waals surface area contributed by atoms with Crippen LogP contribution in [-0.4, -0.2) is 95.9 Å². The van der Waals surface area contributed by atoms with Crippen molar-refractivity contribution in [2.75, 3.05) is 39.6 Å². The number of allylic oxidation sites excluding steroid dienone is 30. The Morgan fingerprint density at radius 3 is 0.725 bits per heavy atom. The molecule has 0 fully saturated rings. The van der Waals surface area contributed by atoms with E-state index >= 15 is 0 Å². The van der Waals surface area contributed by atoms with Gasteiger partial charge in [0.1, 0.15) is 25.4 Å². The van der Waals surface area contributed by atoms with Crippen LogP contribution in [0, 0.1) is 0 Å². The fraction of sp³-hybridized carbons (Fsp3) is 0.637. The standard InChI is InChI=1S/C91H150O16P2/c1-4-7-10-13-16-19-22-25-28-31-34-36-38-40-42-44-46-48-51-53-56-59-62-65-68-71-74-77-89(94)101-80-86(92)81-103-108(97,98)104-82-87(93)83-105-109(99,100)106-85-88(107-91(96)79-76-73-70-67-64-61-58-55-50-33-30-27-24-21-18-15-12-9-6-3)84-102-90(95)78-75-72-69-66-63-60-57-54-52-49-47-45-43-41-39-37-35-32-29-26-23-20-17-14-11-8-5-2/h7-12,16-21,25-30,34-37,40-43,46,48,50,55,86-88,92-93H,4-6,13-15,22-24,31-33,38-39,44-45,47,49,51-54,56-85H2,1-3H3,(H,97,98)(H,99,100)/b10-7-,11-8-,12-9-,19-16-,20-17-,21-18-,28-25-,29-26-,30-27-,36-34-,37-35-,42-40-,43-41-,48-46-,55-50-. The molecule has 0 spiro atoms. The first-order valence-electron chi connectivity index (χ1n) is 42.1. The molecule has 0 radical (unpaired) electrons. The SMILES string of the molecule is CC/C=C\C/C=C\C/C=C\C/C=C\C/C=C\C/C=C\CCCCCCCCCCC(=O)OCC(O)COP(=O)(O)OCC(O)COP(=O)(O)OCC(COC(=O)CCCCCCCCCCCCC/C=C\C/C=C\C/C=C\C/C=C\C/C=C\CC)OC(=O)CCCCCCCC/C=C\C/C=C\C/C=C\C/C=C\CC. The Bertz CT molecular complexity index is 2710. The molecule has 0 saturated heterocycles. The first kappa shape index (κ1) is 104. The fourth-order valence-corrected chi connectivity index (χ4v) is 12.4. The molecule has 0 heterocycles. The van der Waals surface area contributed by atoms with Gasteiger partial charge >= 0.3 is 33.6 Å². The molecule has 0 aliphatic heterocycles. The van der Waals surface area contributed by atoms with Gasteiger partial charge in [-0.2, -0.15) is 0 Å². The molecule has 4 N–H and O–H groups in total. The maximum Gasteiger partial charge on any atom is 0.472 e. The lowest BCUT2D eigenvalue weighted by Crippen LogP contribution is -2.30. The van der Waals surface area contributed by atoms with Gasteiger partial charge in [-0.15, -0.1) is 0 Å². The number of esters is 3. The maximum absolute atomic E-state index is 13.0. The second-order valence-corrected chi connectivity index (χ2v) is 30.4. The van der Waals surface area contributed by atoms with Gasteiger partial charge in [0.2, 0.25) is 0 Å². The number of phosphoric ester groups is 2. The van der Waals surface area contributed by atoms with Crippen molar-refractivity contribution in [3.8, 4) is 0 Å². The van der Waals surface area contributed by atoms with Crippen LogP contribution in [0.1, 0.15) is 316 Å². The fourth-order valence-electron chi connectivity index (χ4n) is 10.8. The van der Waals surface area contributed by atoms with Gasteiger partial charge in [0.15, 0.2) is 6.10 Å². The van der Waals surface area contributed by atoms with Crippen LogP contribution < -0.4 is 0 Å². The van der Waals surface area contributed by atoms with Crippen LogP contribution in [0.3, 0.4) is 0 Å². The van der Waals surface area contributed by atoms with Gasteiger partial charge in [-0.05, 0) is 154 Å². The van der Waals surface area contributed by atoms with E-state index in [0.29, 0.717) is 19.3 Å². The number of hydrogen-bond acceptors (Lipinski definition) is 14. The maximum atomic E-state index is 13.0. The summed E-state index contributed by atoms with van der Waals surface area (Å²) < 4.78 is 61.3. The molecule has 0 rings (SSSR count). The minimum absolute atomic E-state index is 0.0818. The highest BCUT2D eigenvalue weighted by molar-refractivity contribution is 7.47. The van der Waals surface area contributed by atoms with Crippen molar-refractivity contribution in [1.29, 1.82) is 0 Å². The summed E-state index contributed by atoms with van der Waals surface area (Å²) in [5, 5.41) is 20.7. The molecule has 0 amide bonds. The summed E-state index contributed by atoms with van der Waals surface area (Å²) in [6.07, 6.45) is 106. The molecular weight excluding hydrogens is 1410 g/mol. The van der Waals surface area contributed by atoms with Crippen LogP contribution in [0.4, 0.5) is 0 Å². The Hall–Kier alpha value is -5.35. The lowest BCUT2D eigenvalue weighted by Gasteiger charge is -2.21. The van der Waals surface area contributed by atoms with Gasteiger partial charge in [0.25, 0.3) is 0 Å². The van der Waals surface area contributed by atoms with Crippen LogP contribution in [0.15, 0.2) is 182 Å². The normalized spacial score (nSPS) is 14.8. The topological polar surface area (TPSA) is 231 Å². The number of aliphatic hydroxyl groups excluding tert-OH is 2. The van der Waals surface area contributed by atoms with Gasteiger partial charge < -0.3 is 34.2 Å². The van der Waals surface area contributed by atoms with E-state index in [2.05, 4.69) is 203 Å². The molecule has 18 heteroatoms. The molecule has 16 nitrogen and oxygen atoms in total. The van der Waals surface area contributed by atoms with Gasteiger partial charge in [0.05, 0.1) is 26.4 Å². The van der Waals surface area contributed by atoms with Gasteiger partial charge in [0, 0.05) is 19.3 Å². The van der Waals surface area contributed by atoms with Crippen molar-refractivity contribution in [2.24, 2.45) is 0 Å². The van der Waals surface area contributed by atoms with Crippen molar-refractivity contribution < 1.29 is 75.8 Å². The Morgan fingerprint density at radius 1 is 0.257 bits per heavy atom. The van der Waals surface area contributed by atoms with E-state index in [4.69, 9.17) is 32.3 Å². The number of aliphatic hydroxyl groups is 2. The third-order valence-electron chi connectivity index (χ3n) is 17.1. The number of rotatable bonds is 78. The summed E-state index contributed by atoms with van der Waals surface area (Å²) in [7, 11) is -9.82. The molecule has 620 valence electrons. The van der Waals surface area contributed by atoms with E-state index < -0.39 is 91.5 Å². The van der Waals surface area contributed by atoms with Gasteiger partial charge in [-0.25, -0.2) is 9.13 Å². The van der Waals surface area contributed by atoms with Crippen molar-refractivity contribution >= 4 is 33.6 Å². The lowest BCUT2D eigenvalue weighted by molar-refractivity contribution is -0.161. The minimum atomic E-state index is -4.95. The van der Waals surface area contributed by atoms with Crippen LogP contribution in [0.2, 0.25) is 0 Å². The number of unbranched alkanes of at least 4 members (excludes halogenated alkanes) is 25. The highest BCUT2D eigenvalue weighted by Gasteiger charge is 2.29. The second kappa shape index (κ2) is 82.1. The largest absolute Gasteiger partial charge is 0.472 e. The summed E-state index contributed by atoms with van der Waals surface area (Å²) in [4.78, 5) is 58.9. The number of carbonyl (C=O) groups excluding carboxylic acids is 3. The minimum Gasteiger partial charge on any atom is -0.463 e. The van der Waals surface area contributed by atoms with Gasteiger partial charge in [-0.3, -0.25) is 32.5 Å². The molecule has 0 aliphatic rings. The Balaban J connectivity index is 4.66. The third-order valence-corrected chi connectivity index (χ3v) is 19.0. The molecule has 0 aromatic rings. The van der Waals surface area contributed by atoms with Crippen LogP contribution in [-0.2, 0) is 55.8 Å². The van der Waals surface area contributed by atoms with E-state index in [-0.39, 0.29) is 19.3 Å². The number of carbonyl (C=O) groups is 3. The van der Waals surface area contributed by atoms with Gasteiger partial charge in [-0.1, -0.05) is 325 Å². The molecule has 0 aromatic heterocycles. The predicted molar refractivity (Wildman–Crippen MR) is 454 cm³/mol. The molecule has 109 heavy (non-hydrogen) atoms. The summed E-state index contributed by atoms with van der Waals surface area (Å²) in [6, 6.07) is 0. The van der Waals surface area contributed by atoms with Crippen LogP contribution >= 0.6 is 15.6 Å². The van der Waals surface area contributed by atoms with E-state index in [1.54, 1.807) is 0 Å². The molecule has 5 atom stereocenters. The summed E-state index contributed by atoms with van der Waals surface area (Å²) >= 11 is 0. The second-order valence-electron chi connectivity index (χ2n) is 27.5. The molecule has 0 bridgehead atoms. The molecule has 0 aromatic carbocycles. The molecule has 0 saturated carbocycles. The number of ether oxygens (including phenoxy) is 3. The molecule has 0 aliphatic carbocycles. The third kappa shape index (κ3) is 83.4. The van der Waals surface area contributed by atoms with Crippen LogP contribution in [0.25, 0.3) is 0 Å². The van der Waals surface area contributed by atoms with Crippen molar-refractivity contribution in [2.45, 2.75) is 334 Å². The van der Waals surface area contributed by atoms with Crippen molar-refractivity contribution in [3.63, 3.8) is 0 Å². The first-order valence-corrected chi connectivity index (χ1v) is 45.1. The van der Waals surface area contributed by atoms with E-state index in [1.165, 1.54) is 57.8 Å². The number of phosphoric acid groups is 2. The Labute approximate surface area is 662 Å². The lowest BCUT2D eigenvalue weighted by atomic mass is 10.0. The Morgan fingerprint density at radius 2 is 0.459 bits per heavy atom. The van der Waals surface area contributed by atoms with E-state index in [9.17, 15) is 43.5 Å².